The van der Waals surface area contributed by atoms with Crippen LogP contribution in [0.5, 0.6) is 0 Å². The van der Waals surface area contributed by atoms with E-state index in [4.69, 9.17) is 5.11 Å². The molecule has 1 aromatic carbocycles. The molecule has 1 atom stereocenters. The highest BCUT2D eigenvalue weighted by atomic mass is 16.4. The average Bonchev–Trinajstić information content (AvgIpc) is 2.41. The number of hydrogen-bond donors (Lipinski definition) is 1. The molecule has 1 saturated heterocycles. The van der Waals surface area contributed by atoms with Crippen molar-refractivity contribution in [1.82, 2.24) is 4.90 Å². The molecule has 1 heterocycles. The van der Waals surface area contributed by atoms with Crippen molar-refractivity contribution in [2.45, 2.75) is 18.9 Å². The van der Waals surface area contributed by atoms with Crippen molar-refractivity contribution in [2.75, 3.05) is 13.1 Å². The second-order valence-electron chi connectivity index (χ2n) is 4.59. The van der Waals surface area contributed by atoms with Crippen molar-refractivity contribution in [3.63, 3.8) is 0 Å². The van der Waals surface area contributed by atoms with Crippen molar-refractivity contribution in [1.29, 1.82) is 5.26 Å². The fraction of sp³-hybridized carbons (Fsp3) is 0.429. The molecule has 1 N–H and O–H groups in total. The monoisotopic (exact) mass is 244 g/mol. The van der Waals surface area contributed by atoms with Gasteiger partial charge in [0.2, 0.25) is 0 Å². The minimum absolute atomic E-state index is 0.253. The number of carboxylic acids is 1. The van der Waals surface area contributed by atoms with E-state index in [1.54, 1.807) is 0 Å². The van der Waals surface area contributed by atoms with Crippen LogP contribution in [0.15, 0.2) is 30.3 Å². The van der Waals surface area contributed by atoms with Crippen LogP contribution >= 0.6 is 0 Å². The molecule has 1 aromatic rings. The third-order valence-electron chi connectivity index (χ3n) is 3.48. The summed E-state index contributed by atoms with van der Waals surface area (Å²) in [7, 11) is 0. The van der Waals surface area contributed by atoms with Gasteiger partial charge in [0.1, 0.15) is 6.04 Å². The van der Waals surface area contributed by atoms with Crippen molar-refractivity contribution >= 4 is 5.97 Å². The number of nitrogens with zero attached hydrogens (tertiary/aromatic N) is 2. The topological polar surface area (TPSA) is 64.3 Å². The van der Waals surface area contributed by atoms with Crippen molar-refractivity contribution in [2.24, 2.45) is 5.92 Å². The van der Waals surface area contributed by atoms with Gasteiger partial charge < -0.3 is 5.11 Å². The Labute approximate surface area is 106 Å². The molecule has 18 heavy (non-hydrogen) atoms. The van der Waals surface area contributed by atoms with E-state index in [9.17, 15) is 10.1 Å². The Hall–Kier alpha value is -1.86. The van der Waals surface area contributed by atoms with Crippen LogP contribution in [0.3, 0.4) is 0 Å². The molecule has 2 rings (SSSR count). The Bertz CT molecular complexity index is 445. The molecule has 0 spiro atoms. The number of aliphatic carboxylic acids is 1. The van der Waals surface area contributed by atoms with Crippen LogP contribution in [0.25, 0.3) is 0 Å². The van der Waals surface area contributed by atoms with E-state index in [0.29, 0.717) is 25.9 Å². The molecule has 0 radical (unpaired) electrons. The molecule has 4 nitrogen and oxygen atoms in total. The summed E-state index contributed by atoms with van der Waals surface area (Å²) in [6.45, 7) is 1.34. The third kappa shape index (κ3) is 2.69. The molecule has 94 valence electrons. The maximum Gasteiger partial charge on any atom is 0.306 e. The zero-order valence-corrected chi connectivity index (χ0v) is 10.1. The van der Waals surface area contributed by atoms with Gasteiger partial charge in [0, 0.05) is 13.1 Å². The van der Waals surface area contributed by atoms with E-state index in [2.05, 4.69) is 11.0 Å². The molecule has 0 bridgehead atoms. The summed E-state index contributed by atoms with van der Waals surface area (Å²) in [5.41, 5.74) is 0.980. The number of hydrogen-bond acceptors (Lipinski definition) is 3. The van der Waals surface area contributed by atoms with Gasteiger partial charge in [0.15, 0.2) is 0 Å². The maximum absolute atomic E-state index is 10.9. The van der Waals surface area contributed by atoms with Crippen molar-refractivity contribution in [3.05, 3.63) is 35.9 Å². The zero-order chi connectivity index (χ0) is 13.0. The highest BCUT2D eigenvalue weighted by molar-refractivity contribution is 5.70. The number of carboxylic acid groups (broad SMARTS) is 1. The van der Waals surface area contributed by atoms with E-state index in [1.807, 2.05) is 30.3 Å². The van der Waals surface area contributed by atoms with E-state index in [-0.39, 0.29) is 12.0 Å². The van der Waals surface area contributed by atoms with Gasteiger partial charge in [0.25, 0.3) is 0 Å². The number of carbonyl (C=O) groups is 1. The first-order chi connectivity index (χ1) is 8.72. The highest BCUT2D eigenvalue weighted by Crippen LogP contribution is 2.26. The SMILES string of the molecule is N#CC(c1ccccc1)N1CCC(C(=O)O)CC1. The maximum atomic E-state index is 10.9. The fourth-order valence-corrected chi connectivity index (χ4v) is 2.41. The molecule has 1 unspecified atom stereocenters. The lowest BCUT2D eigenvalue weighted by atomic mass is 9.95. The van der Waals surface area contributed by atoms with Crippen LogP contribution in [-0.2, 0) is 4.79 Å². The fourth-order valence-electron chi connectivity index (χ4n) is 2.41. The lowest BCUT2D eigenvalue weighted by Crippen LogP contribution is -2.38. The second-order valence-corrected chi connectivity index (χ2v) is 4.59. The van der Waals surface area contributed by atoms with Gasteiger partial charge >= 0.3 is 5.97 Å². The minimum atomic E-state index is -0.720. The second kappa shape index (κ2) is 5.65. The van der Waals surface area contributed by atoms with Crippen LogP contribution < -0.4 is 0 Å². The summed E-state index contributed by atoms with van der Waals surface area (Å²) >= 11 is 0. The number of piperidine rings is 1. The smallest absolute Gasteiger partial charge is 0.306 e. The van der Waals surface area contributed by atoms with E-state index < -0.39 is 5.97 Å². The molecular formula is C14H16N2O2. The van der Waals surface area contributed by atoms with Crippen LogP contribution in [0, 0.1) is 17.2 Å². The summed E-state index contributed by atoms with van der Waals surface area (Å²) in [6, 6.07) is 11.7. The average molecular weight is 244 g/mol. The summed E-state index contributed by atoms with van der Waals surface area (Å²) in [6.07, 6.45) is 1.25. The first-order valence-electron chi connectivity index (χ1n) is 6.14. The van der Waals surface area contributed by atoms with Gasteiger partial charge in [-0.05, 0) is 18.4 Å². The van der Waals surface area contributed by atoms with E-state index >= 15 is 0 Å². The Morgan fingerprint density at radius 2 is 1.94 bits per heavy atom. The number of nitriles is 1. The van der Waals surface area contributed by atoms with Crippen molar-refractivity contribution in [3.8, 4) is 6.07 Å². The first kappa shape index (κ1) is 12.6. The molecule has 1 aliphatic rings. The molecule has 0 amide bonds. The van der Waals surface area contributed by atoms with Crippen LogP contribution in [0.2, 0.25) is 0 Å². The molecule has 0 saturated carbocycles. The van der Waals surface area contributed by atoms with Crippen LogP contribution in [-0.4, -0.2) is 29.1 Å². The third-order valence-corrected chi connectivity index (χ3v) is 3.48. The Kier molecular flexibility index (Phi) is 3.96. The van der Waals surface area contributed by atoms with Gasteiger partial charge in [0.05, 0.1) is 12.0 Å². The van der Waals surface area contributed by atoms with E-state index in [0.717, 1.165) is 5.56 Å². The molecule has 1 aliphatic heterocycles. The van der Waals surface area contributed by atoms with Gasteiger partial charge in [-0.3, -0.25) is 9.69 Å². The molecular weight excluding hydrogens is 228 g/mol. The number of benzene rings is 1. The van der Waals surface area contributed by atoms with Gasteiger partial charge in [-0.25, -0.2) is 0 Å². The zero-order valence-electron chi connectivity index (χ0n) is 10.1. The largest absolute Gasteiger partial charge is 0.481 e. The Morgan fingerprint density at radius 3 is 2.44 bits per heavy atom. The van der Waals surface area contributed by atoms with Gasteiger partial charge in [-0.2, -0.15) is 5.26 Å². The molecule has 4 heteroatoms. The van der Waals surface area contributed by atoms with Crippen molar-refractivity contribution < 1.29 is 9.90 Å². The lowest BCUT2D eigenvalue weighted by molar-refractivity contribution is -0.143. The number of rotatable bonds is 3. The summed E-state index contributed by atoms with van der Waals surface area (Å²) in [4.78, 5) is 13.0. The summed E-state index contributed by atoms with van der Waals surface area (Å²) in [5, 5.41) is 18.3. The van der Waals surface area contributed by atoms with Crippen LogP contribution in [0.4, 0.5) is 0 Å². The number of likely N-dealkylation sites (tertiary alicyclic amines) is 1. The minimum Gasteiger partial charge on any atom is -0.481 e. The first-order valence-corrected chi connectivity index (χ1v) is 6.14. The lowest BCUT2D eigenvalue weighted by Gasteiger charge is -2.33. The van der Waals surface area contributed by atoms with Gasteiger partial charge in [-0.1, -0.05) is 30.3 Å². The summed E-state index contributed by atoms with van der Waals surface area (Å²) < 4.78 is 0. The normalized spacial score (nSPS) is 19.1. The quantitative estimate of drug-likeness (QED) is 0.883. The predicted octanol–water partition coefficient (Wildman–Crippen LogP) is 2.05. The van der Waals surface area contributed by atoms with E-state index in [1.165, 1.54) is 0 Å². The summed E-state index contributed by atoms with van der Waals surface area (Å²) in [5.74, 6) is -0.973. The highest BCUT2D eigenvalue weighted by Gasteiger charge is 2.28. The van der Waals surface area contributed by atoms with Crippen LogP contribution in [0.1, 0.15) is 24.4 Å². The predicted molar refractivity (Wildman–Crippen MR) is 66.7 cm³/mol. The molecule has 0 aliphatic carbocycles. The molecule has 1 fully saturated rings. The Balaban J connectivity index is 2.04. The standard InChI is InChI=1S/C14H16N2O2/c15-10-13(11-4-2-1-3-5-11)16-8-6-12(7-9-16)14(17)18/h1-5,12-13H,6-9H2,(H,17,18). The Morgan fingerprint density at radius 1 is 1.33 bits per heavy atom. The molecule has 0 aromatic heterocycles. The van der Waals surface area contributed by atoms with Gasteiger partial charge in [-0.15, -0.1) is 0 Å².